The van der Waals surface area contributed by atoms with Crippen LogP contribution in [0.25, 0.3) is 5.57 Å². The number of piperazine rings is 1. The Balaban J connectivity index is 1.11. The molecule has 196 valence electrons. The fourth-order valence-electron chi connectivity index (χ4n) is 6.14. The standard InChI is InChI=1S/C29H32N6O3/c1-19(36)33-10-11-34-17-25-12-20(4-9-31-28(25)32-29(38)26(34)18-33)2-3-27(37)35-15-23-13-22(14-24(23)16-35)21-5-7-30-8-6-21/h2-8,12-13,23-24,26H,9-11,14-18H2,1H3,(H,31,32,38)/b3-2+. The van der Waals surface area contributed by atoms with Crippen LogP contribution in [0.5, 0.6) is 0 Å². The molecule has 5 heterocycles. The lowest BCUT2D eigenvalue weighted by atomic mass is 9.99. The smallest absolute Gasteiger partial charge is 0.246 e. The predicted octanol–water partition coefficient (Wildman–Crippen LogP) is 1.43. The Labute approximate surface area is 222 Å². The minimum Gasteiger partial charge on any atom is -0.340 e. The van der Waals surface area contributed by atoms with Crippen molar-refractivity contribution in [2.24, 2.45) is 16.8 Å². The average Bonchev–Trinajstić information content (AvgIpc) is 3.40. The van der Waals surface area contributed by atoms with Crippen molar-refractivity contribution in [2.45, 2.75) is 19.4 Å². The number of fused-ring (bicyclic) bond motifs is 3. The topological polar surface area (TPSA) is 98.2 Å². The van der Waals surface area contributed by atoms with Crippen molar-refractivity contribution < 1.29 is 14.4 Å². The van der Waals surface area contributed by atoms with E-state index in [1.54, 1.807) is 11.0 Å². The number of aliphatic imine (C=N–C) groups is 1. The van der Waals surface area contributed by atoms with Crippen LogP contribution in [0.2, 0.25) is 0 Å². The summed E-state index contributed by atoms with van der Waals surface area (Å²) in [4.78, 5) is 52.3. The number of carbonyl (C=O) groups is 3. The summed E-state index contributed by atoms with van der Waals surface area (Å²) >= 11 is 0. The molecule has 1 aromatic heterocycles. The van der Waals surface area contributed by atoms with Crippen LogP contribution in [-0.4, -0.2) is 95.1 Å². The first-order valence-corrected chi connectivity index (χ1v) is 13.3. The van der Waals surface area contributed by atoms with Gasteiger partial charge in [0.25, 0.3) is 0 Å². The quantitative estimate of drug-likeness (QED) is 0.618. The molecule has 1 aliphatic carbocycles. The van der Waals surface area contributed by atoms with Crippen LogP contribution in [0.4, 0.5) is 0 Å². The van der Waals surface area contributed by atoms with Crippen LogP contribution < -0.4 is 5.32 Å². The molecule has 3 atom stereocenters. The molecule has 0 saturated carbocycles. The number of carbonyl (C=O) groups excluding carboxylic acids is 3. The molecule has 38 heavy (non-hydrogen) atoms. The van der Waals surface area contributed by atoms with Gasteiger partial charge in [0.1, 0.15) is 11.9 Å². The van der Waals surface area contributed by atoms with E-state index in [2.05, 4.69) is 38.4 Å². The molecule has 1 N–H and O–H groups in total. The third kappa shape index (κ3) is 4.86. The molecule has 6 rings (SSSR count). The van der Waals surface area contributed by atoms with Gasteiger partial charge in [-0.3, -0.25) is 29.3 Å². The van der Waals surface area contributed by atoms with E-state index in [4.69, 9.17) is 0 Å². The molecular formula is C29H32N6O3. The average molecular weight is 513 g/mol. The molecule has 5 aliphatic rings. The zero-order chi connectivity index (χ0) is 26.2. The van der Waals surface area contributed by atoms with Crippen molar-refractivity contribution in [1.29, 1.82) is 0 Å². The summed E-state index contributed by atoms with van der Waals surface area (Å²) in [7, 11) is 0. The second kappa shape index (κ2) is 10.1. The minimum atomic E-state index is -0.393. The van der Waals surface area contributed by atoms with E-state index in [0.717, 1.165) is 30.7 Å². The summed E-state index contributed by atoms with van der Waals surface area (Å²) in [5.41, 5.74) is 4.41. The third-order valence-corrected chi connectivity index (χ3v) is 8.25. The number of nitrogens with zero attached hydrogens (tertiary/aromatic N) is 5. The van der Waals surface area contributed by atoms with Crippen LogP contribution in [0, 0.1) is 11.8 Å². The van der Waals surface area contributed by atoms with Gasteiger partial charge in [-0.2, -0.15) is 0 Å². The molecular weight excluding hydrogens is 480 g/mol. The number of rotatable bonds is 3. The zero-order valence-electron chi connectivity index (χ0n) is 21.5. The fraction of sp³-hybridized carbons (Fsp3) is 0.414. The summed E-state index contributed by atoms with van der Waals surface area (Å²) in [5, 5.41) is 2.97. The highest BCUT2D eigenvalue weighted by Gasteiger charge is 2.39. The Morgan fingerprint density at radius 3 is 2.71 bits per heavy atom. The molecule has 3 amide bonds. The number of amides is 3. The van der Waals surface area contributed by atoms with Crippen LogP contribution in [0.3, 0.4) is 0 Å². The number of hydrogen-bond donors (Lipinski definition) is 1. The molecule has 0 bridgehead atoms. The van der Waals surface area contributed by atoms with Crippen molar-refractivity contribution in [3.05, 3.63) is 71.6 Å². The number of aromatic nitrogens is 1. The highest BCUT2D eigenvalue weighted by Crippen LogP contribution is 2.40. The second-order valence-corrected chi connectivity index (χ2v) is 10.6. The normalized spacial score (nSPS) is 27.3. The van der Waals surface area contributed by atoms with E-state index in [9.17, 15) is 14.4 Å². The van der Waals surface area contributed by atoms with E-state index in [1.807, 2.05) is 35.5 Å². The van der Waals surface area contributed by atoms with Gasteiger partial charge >= 0.3 is 0 Å². The van der Waals surface area contributed by atoms with E-state index in [0.29, 0.717) is 50.4 Å². The number of hydrogen-bond acceptors (Lipinski definition) is 6. The molecule has 3 unspecified atom stereocenters. The van der Waals surface area contributed by atoms with Crippen LogP contribution in [0.1, 0.15) is 18.9 Å². The fourth-order valence-corrected chi connectivity index (χ4v) is 6.14. The lowest BCUT2D eigenvalue weighted by Crippen LogP contribution is -2.58. The number of amidine groups is 1. The Bertz CT molecular complexity index is 1310. The lowest BCUT2D eigenvalue weighted by molar-refractivity contribution is -0.135. The largest absolute Gasteiger partial charge is 0.340 e. The van der Waals surface area contributed by atoms with E-state index < -0.39 is 6.04 Å². The van der Waals surface area contributed by atoms with Gasteiger partial charge < -0.3 is 15.1 Å². The monoisotopic (exact) mass is 512 g/mol. The SMILES string of the molecule is CC(=O)N1CCN2CC3=CC(/C=C/C(=O)N4CC5C=C(c6ccncc6)CC5C4)=CCN=C3NC(=O)C2C1. The molecule has 4 aliphatic heterocycles. The number of nitrogens with one attached hydrogen (secondary N) is 1. The van der Waals surface area contributed by atoms with E-state index in [1.165, 1.54) is 18.1 Å². The van der Waals surface area contributed by atoms with Gasteiger partial charge in [-0.05, 0) is 59.3 Å². The summed E-state index contributed by atoms with van der Waals surface area (Å²) in [6.45, 7) is 5.66. The molecule has 0 spiro atoms. The van der Waals surface area contributed by atoms with Crippen LogP contribution >= 0.6 is 0 Å². The molecule has 0 radical (unpaired) electrons. The van der Waals surface area contributed by atoms with Crippen LogP contribution in [-0.2, 0) is 14.4 Å². The second-order valence-electron chi connectivity index (χ2n) is 10.6. The van der Waals surface area contributed by atoms with E-state index in [-0.39, 0.29) is 17.7 Å². The van der Waals surface area contributed by atoms with Gasteiger partial charge in [-0.15, -0.1) is 0 Å². The zero-order valence-corrected chi connectivity index (χ0v) is 21.5. The first-order chi connectivity index (χ1) is 18.4. The van der Waals surface area contributed by atoms with Gasteiger partial charge in [0.05, 0.1) is 6.54 Å². The maximum Gasteiger partial charge on any atom is 0.246 e. The number of pyridine rings is 1. The van der Waals surface area contributed by atoms with Gasteiger partial charge in [0, 0.05) is 70.2 Å². The summed E-state index contributed by atoms with van der Waals surface area (Å²) in [6.07, 6.45) is 14.5. The first-order valence-electron chi connectivity index (χ1n) is 13.3. The molecule has 1 aromatic rings. The predicted molar refractivity (Wildman–Crippen MR) is 144 cm³/mol. The van der Waals surface area contributed by atoms with Gasteiger partial charge in [0.2, 0.25) is 17.7 Å². The van der Waals surface area contributed by atoms with Crippen LogP contribution in [0.15, 0.2) is 71.0 Å². The molecule has 3 fully saturated rings. The highest BCUT2D eigenvalue weighted by molar-refractivity contribution is 6.10. The Morgan fingerprint density at radius 1 is 1.08 bits per heavy atom. The third-order valence-electron chi connectivity index (χ3n) is 8.25. The Kier molecular flexibility index (Phi) is 6.53. The maximum absolute atomic E-state index is 13.0. The minimum absolute atomic E-state index is 0.0145. The molecule has 0 aromatic carbocycles. The van der Waals surface area contributed by atoms with Crippen molar-refractivity contribution in [3.63, 3.8) is 0 Å². The van der Waals surface area contributed by atoms with Crippen molar-refractivity contribution in [2.75, 3.05) is 45.8 Å². The van der Waals surface area contributed by atoms with Crippen molar-refractivity contribution >= 4 is 29.1 Å². The first kappa shape index (κ1) is 24.5. The van der Waals surface area contributed by atoms with Gasteiger partial charge in [-0.25, -0.2) is 0 Å². The maximum atomic E-state index is 13.0. The summed E-state index contributed by atoms with van der Waals surface area (Å²) < 4.78 is 0. The molecule has 9 heteroatoms. The highest BCUT2D eigenvalue weighted by atomic mass is 16.2. The van der Waals surface area contributed by atoms with E-state index >= 15 is 0 Å². The van der Waals surface area contributed by atoms with Gasteiger partial charge in [-0.1, -0.05) is 12.2 Å². The Hall–Kier alpha value is -3.85. The number of allylic oxidation sites excluding steroid dienone is 4. The Morgan fingerprint density at radius 2 is 1.92 bits per heavy atom. The van der Waals surface area contributed by atoms with Crippen molar-refractivity contribution in [1.82, 2.24) is 25.0 Å². The molecule has 9 nitrogen and oxygen atoms in total. The molecule has 3 saturated heterocycles. The summed E-state index contributed by atoms with van der Waals surface area (Å²) in [6, 6.07) is 3.71. The van der Waals surface area contributed by atoms with Gasteiger partial charge in [0.15, 0.2) is 0 Å². The lowest BCUT2D eigenvalue weighted by Gasteiger charge is -2.38. The van der Waals surface area contributed by atoms with Crippen molar-refractivity contribution in [3.8, 4) is 0 Å². The number of likely N-dealkylation sites (tertiary alicyclic amines) is 1. The summed E-state index contributed by atoms with van der Waals surface area (Å²) in [5.74, 6) is 1.33.